The molecule has 0 N–H and O–H groups in total. The summed E-state index contributed by atoms with van der Waals surface area (Å²) < 4.78 is 7.09. The number of pyridine rings is 1. The molecule has 2 aromatic heterocycles. The van der Waals surface area contributed by atoms with Crippen LogP contribution in [0.25, 0.3) is 0 Å². The normalized spacial score (nSPS) is 10.3. The van der Waals surface area contributed by atoms with E-state index >= 15 is 0 Å². The molecule has 16 heavy (non-hydrogen) atoms. The number of hydrogen-bond donors (Lipinski definition) is 0. The SMILES string of the molecule is COc1ccc(CCCn2ccnc2)cn1. The van der Waals surface area contributed by atoms with Crippen LogP contribution >= 0.6 is 0 Å². The molecule has 0 atom stereocenters. The molecule has 2 rings (SSSR count). The molecule has 0 fully saturated rings. The maximum atomic E-state index is 5.01. The van der Waals surface area contributed by atoms with E-state index in [-0.39, 0.29) is 0 Å². The van der Waals surface area contributed by atoms with Gasteiger partial charge in [-0.25, -0.2) is 9.97 Å². The topological polar surface area (TPSA) is 39.9 Å². The summed E-state index contributed by atoms with van der Waals surface area (Å²) in [4.78, 5) is 8.18. The highest BCUT2D eigenvalue weighted by atomic mass is 16.5. The van der Waals surface area contributed by atoms with Crippen molar-refractivity contribution in [1.82, 2.24) is 14.5 Å². The van der Waals surface area contributed by atoms with Crippen molar-refractivity contribution in [2.45, 2.75) is 19.4 Å². The molecule has 0 aliphatic heterocycles. The van der Waals surface area contributed by atoms with Crippen LogP contribution in [0, 0.1) is 0 Å². The van der Waals surface area contributed by atoms with Crippen LogP contribution < -0.4 is 4.74 Å². The first kappa shape index (κ1) is 10.7. The zero-order valence-electron chi connectivity index (χ0n) is 9.34. The van der Waals surface area contributed by atoms with Crippen LogP contribution in [0.4, 0.5) is 0 Å². The Morgan fingerprint density at radius 3 is 2.94 bits per heavy atom. The summed E-state index contributed by atoms with van der Waals surface area (Å²) in [6.45, 7) is 0.992. The van der Waals surface area contributed by atoms with Crippen LogP contribution in [-0.2, 0) is 13.0 Å². The summed E-state index contributed by atoms with van der Waals surface area (Å²) >= 11 is 0. The first-order valence-electron chi connectivity index (χ1n) is 5.33. The molecule has 0 saturated heterocycles. The van der Waals surface area contributed by atoms with E-state index in [0.29, 0.717) is 5.88 Å². The van der Waals surface area contributed by atoms with Gasteiger partial charge >= 0.3 is 0 Å². The third-order valence-electron chi connectivity index (χ3n) is 2.45. The molecule has 2 heterocycles. The van der Waals surface area contributed by atoms with Gasteiger partial charge < -0.3 is 9.30 Å². The van der Waals surface area contributed by atoms with Crippen molar-refractivity contribution in [3.63, 3.8) is 0 Å². The van der Waals surface area contributed by atoms with Gasteiger partial charge in [-0.05, 0) is 18.4 Å². The third-order valence-corrected chi connectivity index (χ3v) is 2.45. The number of aryl methyl sites for hydroxylation is 2. The van der Waals surface area contributed by atoms with E-state index in [4.69, 9.17) is 4.74 Å². The van der Waals surface area contributed by atoms with Gasteiger partial charge in [0.15, 0.2) is 0 Å². The fourth-order valence-electron chi connectivity index (χ4n) is 1.56. The summed E-state index contributed by atoms with van der Waals surface area (Å²) in [5.41, 5.74) is 1.24. The summed E-state index contributed by atoms with van der Waals surface area (Å²) in [5, 5.41) is 0. The van der Waals surface area contributed by atoms with Crippen LogP contribution in [0.5, 0.6) is 5.88 Å². The lowest BCUT2D eigenvalue weighted by Gasteiger charge is -2.03. The van der Waals surface area contributed by atoms with Crippen LogP contribution in [-0.4, -0.2) is 21.6 Å². The summed E-state index contributed by atoms with van der Waals surface area (Å²) in [6, 6.07) is 3.95. The molecular weight excluding hydrogens is 202 g/mol. The van der Waals surface area contributed by atoms with Crippen LogP contribution in [0.3, 0.4) is 0 Å². The molecule has 0 saturated carbocycles. The van der Waals surface area contributed by atoms with Gasteiger partial charge in [-0.2, -0.15) is 0 Å². The number of hydrogen-bond acceptors (Lipinski definition) is 3. The van der Waals surface area contributed by atoms with Gasteiger partial charge in [0.2, 0.25) is 5.88 Å². The Bertz CT molecular complexity index is 408. The monoisotopic (exact) mass is 217 g/mol. The number of nitrogens with zero attached hydrogens (tertiary/aromatic N) is 3. The molecule has 0 radical (unpaired) electrons. The fraction of sp³-hybridized carbons (Fsp3) is 0.333. The average molecular weight is 217 g/mol. The molecule has 0 bridgehead atoms. The second-order valence-electron chi connectivity index (χ2n) is 3.61. The van der Waals surface area contributed by atoms with Gasteiger partial charge in [0.1, 0.15) is 0 Å². The molecule has 0 aromatic carbocycles. The zero-order valence-corrected chi connectivity index (χ0v) is 9.34. The molecule has 2 aromatic rings. The van der Waals surface area contributed by atoms with Crippen LogP contribution in [0.15, 0.2) is 37.1 Å². The second kappa shape index (κ2) is 5.30. The van der Waals surface area contributed by atoms with E-state index in [1.165, 1.54) is 5.56 Å². The van der Waals surface area contributed by atoms with Gasteiger partial charge in [-0.1, -0.05) is 6.07 Å². The number of imidazole rings is 1. The minimum atomic E-state index is 0.665. The Kier molecular flexibility index (Phi) is 3.53. The third kappa shape index (κ3) is 2.82. The zero-order chi connectivity index (χ0) is 11.2. The van der Waals surface area contributed by atoms with E-state index in [1.54, 1.807) is 13.3 Å². The van der Waals surface area contributed by atoms with Crippen molar-refractivity contribution in [3.05, 3.63) is 42.6 Å². The van der Waals surface area contributed by atoms with E-state index < -0.39 is 0 Å². The highest BCUT2D eigenvalue weighted by Crippen LogP contribution is 2.08. The molecule has 0 amide bonds. The number of rotatable bonds is 5. The minimum absolute atomic E-state index is 0.665. The van der Waals surface area contributed by atoms with Gasteiger partial charge in [0.25, 0.3) is 0 Å². The quantitative estimate of drug-likeness (QED) is 0.768. The fourth-order valence-corrected chi connectivity index (χ4v) is 1.56. The average Bonchev–Trinajstić information content (AvgIpc) is 2.83. The largest absolute Gasteiger partial charge is 0.481 e. The Labute approximate surface area is 94.9 Å². The van der Waals surface area contributed by atoms with Gasteiger partial charge in [0, 0.05) is 31.2 Å². The number of methoxy groups -OCH3 is 1. The molecule has 0 unspecified atom stereocenters. The van der Waals surface area contributed by atoms with Crippen molar-refractivity contribution in [2.75, 3.05) is 7.11 Å². The Balaban J connectivity index is 1.81. The maximum absolute atomic E-state index is 5.01. The Hall–Kier alpha value is -1.84. The lowest BCUT2D eigenvalue weighted by molar-refractivity contribution is 0.397. The molecular formula is C12H15N3O. The molecule has 0 spiro atoms. The van der Waals surface area contributed by atoms with Crippen molar-refractivity contribution in [3.8, 4) is 5.88 Å². The van der Waals surface area contributed by atoms with Crippen molar-refractivity contribution in [2.24, 2.45) is 0 Å². The second-order valence-corrected chi connectivity index (χ2v) is 3.61. The van der Waals surface area contributed by atoms with Crippen molar-refractivity contribution < 1.29 is 4.74 Å². The van der Waals surface area contributed by atoms with Crippen LogP contribution in [0.1, 0.15) is 12.0 Å². The minimum Gasteiger partial charge on any atom is -0.481 e. The number of ether oxygens (including phenoxy) is 1. The van der Waals surface area contributed by atoms with E-state index in [0.717, 1.165) is 19.4 Å². The smallest absolute Gasteiger partial charge is 0.212 e. The molecule has 4 nitrogen and oxygen atoms in total. The predicted octanol–water partition coefficient (Wildman–Crippen LogP) is 1.92. The first-order chi connectivity index (χ1) is 7.88. The first-order valence-corrected chi connectivity index (χ1v) is 5.33. The van der Waals surface area contributed by atoms with Gasteiger partial charge in [-0.3, -0.25) is 0 Å². The highest BCUT2D eigenvalue weighted by Gasteiger charge is 1.96. The molecule has 84 valence electrons. The summed E-state index contributed by atoms with van der Waals surface area (Å²) in [5.74, 6) is 0.665. The Morgan fingerprint density at radius 2 is 2.31 bits per heavy atom. The standard InChI is InChI=1S/C12H15N3O/c1-16-12-5-4-11(9-14-12)3-2-7-15-8-6-13-10-15/h4-6,8-10H,2-3,7H2,1H3. The lowest BCUT2D eigenvalue weighted by Crippen LogP contribution is -1.97. The molecule has 0 aliphatic carbocycles. The Morgan fingerprint density at radius 1 is 1.38 bits per heavy atom. The molecule has 0 aliphatic rings. The van der Waals surface area contributed by atoms with Crippen LogP contribution in [0.2, 0.25) is 0 Å². The molecule has 4 heteroatoms. The van der Waals surface area contributed by atoms with E-state index in [1.807, 2.05) is 24.8 Å². The lowest BCUT2D eigenvalue weighted by atomic mass is 10.1. The maximum Gasteiger partial charge on any atom is 0.212 e. The highest BCUT2D eigenvalue weighted by molar-refractivity contribution is 5.17. The summed E-state index contributed by atoms with van der Waals surface area (Å²) in [7, 11) is 1.63. The predicted molar refractivity (Wildman–Crippen MR) is 61.3 cm³/mol. The van der Waals surface area contributed by atoms with E-state index in [9.17, 15) is 0 Å². The van der Waals surface area contributed by atoms with Gasteiger partial charge in [0.05, 0.1) is 13.4 Å². The van der Waals surface area contributed by atoms with Gasteiger partial charge in [-0.15, -0.1) is 0 Å². The number of aromatic nitrogens is 3. The van der Waals surface area contributed by atoms with Crippen molar-refractivity contribution in [1.29, 1.82) is 0 Å². The van der Waals surface area contributed by atoms with E-state index in [2.05, 4.69) is 20.6 Å². The van der Waals surface area contributed by atoms with Crippen molar-refractivity contribution >= 4 is 0 Å². The summed E-state index contributed by atoms with van der Waals surface area (Å²) in [6.07, 6.45) is 9.60.